The van der Waals surface area contributed by atoms with Crippen molar-refractivity contribution in [3.8, 4) is 5.75 Å². The van der Waals surface area contributed by atoms with Gasteiger partial charge in [0.2, 0.25) is 0 Å². The van der Waals surface area contributed by atoms with E-state index in [1.54, 1.807) is 7.11 Å². The number of carboxylic acid groups (broad SMARTS) is 1. The van der Waals surface area contributed by atoms with E-state index in [4.69, 9.17) is 4.74 Å². The van der Waals surface area contributed by atoms with Gasteiger partial charge in [0.15, 0.2) is 0 Å². The standard InChI is InChI=1S/C21H27NO4/c1-3-9-21(20(24)25)14-22(10-8-19(21)23)13-15-4-5-17-12-18(26-2)7-6-16(17)11-15/h4-7,11-12,19,23H,3,8-10,13-14H2,1-2H3,(H,24,25)/t19-,21+/m0/s1. The summed E-state index contributed by atoms with van der Waals surface area (Å²) < 4.78 is 5.26. The van der Waals surface area contributed by atoms with E-state index in [0.717, 1.165) is 28.5 Å². The maximum atomic E-state index is 11.9. The SMILES string of the molecule is CCC[C@@]1(C(=O)O)CN(Cc2ccc3cc(OC)ccc3c2)CC[C@@H]1O. The summed E-state index contributed by atoms with van der Waals surface area (Å²) in [6.07, 6.45) is 0.962. The van der Waals surface area contributed by atoms with Gasteiger partial charge in [0.05, 0.1) is 13.2 Å². The second-order valence-electron chi connectivity index (χ2n) is 7.27. The molecule has 0 bridgehead atoms. The van der Waals surface area contributed by atoms with Crippen molar-refractivity contribution in [2.45, 2.75) is 38.8 Å². The Morgan fingerprint density at radius 3 is 2.69 bits per heavy atom. The second kappa shape index (κ2) is 7.64. The van der Waals surface area contributed by atoms with Crippen LogP contribution in [0, 0.1) is 5.41 Å². The number of aliphatic hydroxyl groups excluding tert-OH is 1. The first kappa shape index (κ1) is 18.7. The molecule has 2 aromatic rings. The number of hydrogen-bond acceptors (Lipinski definition) is 4. The molecule has 1 saturated heterocycles. The zero-order valence-corrected chi connectivity index (χ0v) is 15.4. The van der Waals surface area contributed by atoms with Gasteiger partial charge in [-0.05, 0) is 47.4 Å². The minimum Gasteiger partial charge on any atom is -0.497 e. The zero-order valence-electron chi connectivity index (χ0n) is 15.4. The molecule has 0 amide bonds. The number of hydrogen-bond donors (Lipinski definition) is 2. The van der Waals surface area contributed by atoms with Crippen molar-refractivity contribution in [3.63, 3.8) is 0 Å². The lowest BCUT2D eigenvalue weighted by atomic mass is 9.74. The second-order valence-corrected chi connectivity index (χ2v) is 7.27. The van der Waals surface area contributed by atoms with Crippen molar-refractivity contribution in [2.24, 2.45) is 5.41 Å². The van der Waals surface area contributed by atoms with E-state index in [1.807, 2.05) is 25.1 Å². The third-order valence-corrected chi connectivity index (χ3v) is 5.50. The molecule has 1 aliphatic rings. The highest BCUT2D eigenvalue weighted by atomic mass is 16.5. The third-order valence-electron chi connectivity index (χ3n) is 5.50. The molecule has 1 heterocycles. The van der Waals surface area contributed by atoms with Crippen molar-refractivity contribution < 1.29 is 19.7 Å². The molecule has 2 aromatic carbocycles. The van der Waals surface area contributed by atoms with Gasteiger partial charge in [-0.1, -0.05) is 31.5 Å². The Hall–Kier alpha value is -2.11. The smallest absolute Gasteiger partial charge is 0.313 e. The van der Waals surface area contributed by atoms with Gasteiger partial charge in [-0.15, -0.1) is 0 Å². The van der Waals surface area contributed by atoms with E-state index in [1.165, 1.54) is 0 Å². The highest BCUT2D eigenvalue weighted by molar-refractivity contribution is 5.84. The van der Waals surface area contributed by atoms with E-state index in [2.05, 4.69) is 23.1 Å². The first-order valence-corrected chi connectivity index (χ1v) is 9.19. The number of carboxylic acids is 1. The van der Waals surface area contributed by atoms with Crippen molar-refractivity contribution in [3.05, 3.63) is 42.0 Å². The molecule has 5 heteroatoms. The van der Waals surface area contributed by atoms with E-state index in [9.17, 15) is 15.0 Å². The summed E-state index contributed by atoms with van der Waals surface area (Å²) in [4.78, 5) is 14.1. The van der Waals surface area contributed by atoms with Gasteiger partial charge < -0.3 is 14.9 Å². The average molecular weight is 357 g/mol. The number of nitrogens with zero attached hydrogens (tertiary/aromatic N) is 1. The maximum Gasteiger partial charge on any atom is 0.313 e. The summed E-state index contributed by atoms with van der Waals surface area (Å²) in [6.45, 7) is 3.75. The molecule has 0 aromatic heterocycles. The molecule has 3 rings (SSSR count). The lowest BCUT2D eigenvalue weighted by Crippen LogP contribution is -2.55. The Morgan fingerprint density at radius 1 is 1.27 bits per heavy atom. The number of carbonyl (C=O) groups is 1. The molecule has 1 fully saturated rings. The summed E-state index contributed by atoms with van der Waals surface area (Å²) in [6, 6.07) is 12.3. The molecule has 0 radical (unpaired) electrons. The first-order chi connectivity index (χ1) is 12.5. The van der Waals surface area contributed by atoms with Crippen LogP contribution in [0.25, 0.3) is 10.8 Å². The fraction of sp³-hybridized carbons (Fsp3) is 0.476. The highest BCUT2D eigenvalue weighted by Gasteiger charge is 2.48. The Bertz CT molecular complexity index is 791. The molecule has 1 aliphatic heterocycles. The lowest BCUT2D eigenvalue weighted by Gasteiger charge is -2.43. The van der Waals surface area contributed by atoms with Crippen molar-refractivity contribution in [1.29, 1.82) is 0 Å². The normalized spacial score (nSPS) is 23.9. The van der Waals surface area contributed by atoms with Crippen LogP contribution in [0.2, 0.25) is 0 Å². The van der Waals surface area contributed by atoms with Crippen LogP contribution in [0.4, 0.5) is 0 Å². The lowest BCUT2D eigenvalue weighted by molar-refractivity contribution is -0.164. The summed E-state index contributed by atoms with van der Waals surface area (Å²) in [7, 11) is 1.66. The molecular weight excluding hydrogens is 330 g/mol. The van der Waals surface area contributed by atoms with E-state index in [-0.39, 0.29) is 0 Å². The summed E-state index contributed by atoms with van der Waals surface area (Å²) in [5, 5.41) is 22.4. The van der Waals surface area contributed by atoms with Gasteiger partial charge in [0, 0.05) is 19.6 Å². The summed E-state index contributed by atoms with van der Waals surface area (Å²) in [5.41, 5.74) is 0.0897. The topological polar surface area (TPSA) is 70.0 Å². The number of fused-ring (bicyclic) bond motifs is 1. The predicted molar refractivity (Wildman–Crippen MR) is 101 cm³/mol. The maximum absolute atomic E-state index is 11.9. The van der Waals surface area contributed by atoms with Crippen LogP contribution in [-0.4, -0.2) is 47.4 Å². The monoisotopic (exact) mass is 357 g/mol. The minimum atomic E-state index is -1.06. The van der Waals surface area contributed by atoms with Crippen LogP contribution in [0.3, 0.4) is 0 Å². The van der Waals surface area contributed by atoms with Crippen LogP contribution >= 0.6 is 0 Å². The molecule has 0 aliphatic carbocycles. The van der Waals surface area contributed by atoms with Crippen LogP contribution in [0.5, 0.6) is 5.75 Å². The first-order valence-electron chi connectivity index (χ1n) is 9.19. The van der Waals surface area contributed by atoms with Gasteiger partial charge in [0.1, 0.15) is 11.2 Å². The van der Waals surface area contributed by atoms with Gasteiger partial charge in [0.25, 0.3) is 0 Å². The molecule has 0 saturated carbocycles. The Morgan fingerprint density at radius 2 is 2.00 bits per heavy atom. The van der Waals surface area contributed by atoms with Crippen LogP contribution in [0.15, 0.2) is 36.4 Å². The van der Waals surface area contributed by atoms with E-state index >= 15 is 0 Å². The molecule has 5 nitrogen and oxygen atoms in total. The number of aliphatic carboxylic acids is 1. The largest absolute Gasteiger partial charge is 0.497 e. The highest BCUT2D eigenvalue weighted by Crippen LogP contribution is 2.36. The van der Waals surface area contributed by atoms with Crippen LogP contribution < -0.4 is 4.74 Å². The minimum absolute atomic E-state index is 0.387. The van der Waals surface area contributed by atoms with Gasteiger partial charge in [-0.25, -0.2) is 0 Å². The Kier molecular flexibility index (Phi) is 5.49. The van der Waals surface area contributed by atoms with Crippen LogP contribution in [-0.2, 0) is 11.3 Å². The van der Waals surface area contributed by atoms with Gasteiger partial charge in [-0.3, -0.25) is 9.69 Å². The molecule has 26 heavy (non-hydrogen) atoms. The summed E-state index contributed by atoms with van der Waals surface area (Å²) in [5.74, 6) is -0.0526. The fourth-order valence-electron chi connectivity index (χ4n) is 4.07. The number of benzene rings is 2. The zero-order chi connectivity index (χ0) is 18.7. The number of rotatable bonds is 6. The molecular formula is C21H27NO4. The van der Waals surface area contributed by atoms with Crippen LogP contribution in [0.1, 0.15) is 31.7 Å². The van der Waals surface area contributed by atoms with E-state index in [0.29, 0.717) is 32.5 Å². The Labute approximate surface area is 154 Å². The van der Waals surface area contributed by atoms with Crippen molar-refractivity contribution in [2.75, 3.05) is 20.2 Å². The summed E-state index contributed by atoms with van der Waals surface area (Å²) >= 11 is 0. The average Bonchev–Trinajstić information content (AvgIpc) is 2.64. The predicted octanol–water partition coefficient (Wildman–Crippen LogP) is 3.29. The number of ether oxygens (including phenoxy) is 1. The third kappa shape index (κ3) is 3.55. The van der Waals surface area contributed by atoms with Crippen molar-refractivity contribution in [1.82, 2.24) is 4.90 Å². The number of aliphatic hydroxyl groups is 1. The van der Waals surface area contributed by atoms with Crippen molar-refractivity contribution >= 4 is 16.7 Å². The number of piperidine rings is 1. The molecule has 2 atom stereocenters. The molecule has 0 unspecified atom stereocenters. The quantitative estimate of drug-likeness (QED) is 0.830. The molecule has 0 spiro atoms. The fourth-order valence-corrected chi connectivity index (χ4v) is 4.07. The Balaban J connectivity index is 1.79. The number of likely N-dealkylation sites (tertiary alicyclic amines) is 1. The van der Waals surface area contributed by atoms with Gasteiger partial charge >= 0.3 is 5.97 Å². The van der Waals surface area contributed by atoms with E-state index < -0.39 is 17.5 Å². The number of methoxy groups -OCH3 is 1. The van der Waals surface area contributed by atoms with Gasteiger partial charge in [-0.2, -0.15) is 0 Å². The molecule has 2 N–H and O–H groups in total. The molecule has 140 valence electrons.